The lowest BCUT2D eigenvalue weighted by atomic mass is 10.2. The van der Waals surface area contributed by atoms with Gasteiger partial charge in [0.25, 0.3) is 5.91 Å². The minimum atomic E-state index is -1.05. The highest BCUT2D eigenvalue weighted by atomic mass is 35.5. The molecule has 0 bridgehead atoms. The zero-order valence-electron chi connectivity index (χ0n) is 9.41. The number of hydrogen-bond acceptors (Lipinski definition) is 5. The van der Waals surface area contributed by atoms with Gasteiger partial charge in [-0.3, -0.25) is 10.1 Å². The Morgan fingerprint density at radius 3 is 2.47 bits per heavy atom. The Morgan fingerprint density at radius 1 is 1.26 bits per heavy atom. The Morgan fingerprint density at radius 2 is 1.89 bits per heavy atom. The molecule has 0 aliphatic rings. The van der Waals surface area contributed by atoms with E-state index in [0.717, 1.165) is 0 Å². The number of primary amides is 1. The molecule has 0 aromatic heterocycles. The molecule has 0 aliphatic carbocycles. The fraction of sp³-hybridized carbons (Fsp3) is 0.100. The average molecular weight is 306 g/mol. The van der Waals surface area contributed by atoms with Crippen LogP contribution in [0.4, 0.5) is 10.5 Å². The number of carbonyl (C=O) groups excluding carboxylic acids is 3. The third kappa shape index (κ3) is 4.31. The molecule has 19 heavy (non-hydrogen) atoms. The van der Waals surface area contributed by atoms with Crippen LogP contribution in [0.15, 0.2) is 12.1 Å². The van der Waals surface area contributed by atoms with Gasteiger partial charge in [0.2, 0.25) is 0 Å². The number of nitrogens with two attached hydrogens (primary N) is 2. The molecular weight excluding hydrogens is 297 g/mol. The Hall–Kier alpha value is -1.99. The van der Waals surface area contributed by atoms with E-state index in [1.807, 2.05) is 0 Å². The van der Waals surface area contributed by atoms with Gasteiger partial charge in [0, 0.05) is 5.02 Å². The minimum Gasteiger partial charge on any atom is -0.452 e. The summed E-state index contributed by atoms with van der Waals surface area (Å²) < 4.78 is 4.63. The maximum Gasteiger partial charge on any atom is 0.340 e. The predicted octanol–water partition coefficient (Wildman–Crippen LogP) is 0.927. The fourth-order valence-corrected chi connectivity index (χ4v) is 1.63. The first-order valence-electron chi connectivity index (χ1n) is 4.82. The van der Waals surface area contributed by atoms with Gasteiger partial charge >= 0.3 is 12.0 Å². The largest absolute Gasteiger partial charge is 0.452 e. The highest BCUT2D eigenvalue weighted by molar-refractivity contribution is 6.37. The van der Waals surface area contributed by atoms with Gasteiger partial charge in [-0.1, -0.05) is 23.2 Å². The van der Waals surface area contributed by atoms with Crippen molar-refractivity contribution in [3.05, 3.63) is 27.7 Å². The van der Waals surface area contributed by atoms with Gasteiger partial charge in [-0.25, -0.2) is 9.59 Å². The molecule has 1 rings (SSSR count). The second kappa shape index (κ2) is 6.26. The van der Waals surface area contributed by atoms with Crippen molar-refractivity contribution in [2.45, 2.75) is 0 Å². The van der Waals surface area contributed by atoms with Crippen LogP contribution in [-0.2, 0) is 9.53 Å². The molecule has 9 heteroatoms. The number of rotatable bonds is 3. The van der Waals surface area contributed by atoms with Gasteiger partial charge in [0.1, 0.15) is 0 Å². The van der Waals surface area contributed by atoms with Crippen LogP contribution in [0.3, 0.4) is 0 Å². The number of imide groups is 1. The lowest BCUT2D eigenvalue weighted by molar-refractivity contribution is -0.123. The molecule has 0 aliphatic heterocycles. The monoisotopic (exact) mass is 305 g/mol. The van der Waals surface area contributed by atoms with Crippen LogP contribution in [0.25, 0.3) is 0 Å². The topological polar surface area (TPSA) is 125 Å². The molecule has 5 N–H and O–H groups in total. The van der Waals surface area contributed by atoms with Crippen molar-refractivity contribution in [1.82, 2.24) is 5.32 Å². The maximum absolute atomic E-state index is 11.6. The predicted molar refractivity (Wildman–Crippen MR) is 68.9 cm³/mol. The number of halogens is 2. The van der Waals surface area contributed by atoms with Crippen LogP contribution in [0.2, 0.25) is 10.0 Å². The van der Waals surface area contributed by atoms with Gasteiger partial charge in [0.15, 0.2) is 6.61 Å². The number of ether oxygens (including phenoxy) is 1. The molecule has 1 aromatic carbocycles. The normalized spacial score (nSPS) is 9.79. The van der Waals surface area contributed by atoms with Crippen LogP contribution in [-0.4, -0.2) is 24.5 Å². The van der Waals surface area contributed by atoms with E-state index in [-0.39, 0.29) is 21.3 Å². The molecule has 0 fully saturated rings. The second-order valence-electron chi connectivity index (χ2n) is 3.34. The summed E-state index contributed by atoms with van der Waals surface area (Å²) in [5, 5.41) is 2.00. The number of amides is 3. The fourth-order valence-electron chi connectivity index (χ4n) is 1.14. The molecule has 0 atom stereocenters. The quantitative estimate of drug-likeness (QED) is 0.566. The number of esters is 1. The van der Waals surface area contributed by atoms with Crippen LogP contribution in [0.5, 0.6) is 0 Å². The summed E-state index contributed by atoms with van der Waals surface area (Å²) >= 11 is 11.4. The van der Waals surface area contributed by atoms with Gasteiger partial charge in [-0.05, 0) is 12.1 Å². The zero-order valence-corrected chi connectivity index (χ0v) is 10.9. The van der Waals surface area contributed by atoms with Gasteiger partial charge in [-0.15, -0.1) is 0 Å². The van der Waals surface area contributed by atoms with Crippen molar-refractivity contribution < 1.29 is 19.1 Å². The Kier molecular flexibility index (Phi) is 4.96. The Bertz CT molecular complexity index is 548. The van der Waals surface area contributed by atoms with Crippen molar-refractivity contribution >= 4 is 46.8 Å². The average Bonchev–Trinajstić information content (AvgIpc) is 2.29. The number of nitrogen functional groups attached to an aromatic ring is 1. The first kappa shape index (κ1) is 15.1. The summed E-state index contributed by atoms with van der Waals surface area (Å²) in [6.07, 6.45) is 0. The molecule has 0 radical (unpaired) electrons. The molecule has 0 heterocycles. The van der Waals surface area contributed by atoms with E-state index in [1.54, 1.807) is 5.32 Å². The maximum atomic E-state index is 11.6. The smallest absolute Gasteiger partial charge is 0.340 e. The number of benzene rings is 1. The van der Waals surface area contributed by atoms with Crippen LogP contribution < -0.4 is 16.8 Å². The van der Waals surface area contributed by atoms with Gasteiger partial charge in [0.05, 0.1) is 16.3 Å². The van der Waals surface area contributed by atoms with E-state index in [1.165, 1.54) is 12.1 Å². The van der Waals surface area contributed by atoms with E-state index in [9.17, 15) is 14.4 Å². The molecule has 0 spiro atoms. The zero-order chi connectivity index (χ0) is 14.6. The van der Waals surface area contributed by atoms with E-state index < -0.39 is 24.5 Å². The van der Waals surface area contributed by atoms with Crippen molar-refractivity contribution in [2.75, 3.05) is 12.3 Å². The van der Waals surface area contributed by atoms with Crippen LogP contribution in [0, 0.1) is 0 Å². The first-order chi connectivity index (χ1) is 8.81. The SMILES string of the molecule is NC(=O)NC(=O)COC(=O)c1cc(Cl)cc(Cl)c1N. The van der Waals surface area contributed by atoms with Crippen molar-refractivity contribution in [3.8, 4) is 0 Å². The van der Waals surface area contributed by atoms with E-state index in [4.69, 9.17) is 34.7 Å². The Balaban J connectivity index is 2.74. The van der Waals surface area contributed by atoms with E-state index in [2.05, 4.69) is 4.74 Å². The highest BCUT2D eigenvalue weighted by Gasteiger charge is 2.16. The summed E-state index contributed by atoms with van der Waals surface area (Å²) in [5.41, 5.74) is 10.2. The standard InChI is InChI=1S/C10H9Cl2N3O4/c11-4-1-5(8(13)6(12)2-4)9(17)19-3-7(16)15-10(14)18/h1-2H,3,13H2,(H3,14,15,16,18). The van der Waals surface area contributed by atoms with E-state index >= 15 is 0 Å². The van der Waals surface area contributed by atoms with Crippen molar-refractivity contribution in [1.29, 1.82) is 0 Å². The molecule has 7 nitrogen and oxygen atoms in total. The Labute approximate surface area is 117 Å². The lowest BCUT2D eigenvalue weighted by Crippen LogP contribution is -2.37. The van der Waals surface area contributed by atoms with E-state index in [0.29, 0.717) is 0 Å². The lowest BCUT2D eigenvalue weighted by Gasteiger charge is -2.08. The van der Waals surface area contributed by atoms with Crippen molar-refractivity contribution in [2.24, 2.45) is 5.73 Å². The molecular formula is C10H9Cl2N3O4. The molecule has 0 saturated carbocycles. The summed E-state index contributed by atoms with van der Waals surface area (Å²) in [6, 6.07) is 1.55. The molecule has 1 aromatic rings. The molecule has 3 amide bonds. The number of anilines is 1. The molecule has 0 unspecified atom stereocenters. The van der Waals surface area contributed by atoms with Crippen molar-refractivity contribution in [3.63, 3.8) is 0 Å². The van der Waals surface area contributed by atoms with Crippen LogP contribution >= 0.6 is 23.2 Å². The number of urea groups is 1. The number of hydrogen-bond donors (Lipinski definition) is 3. The van der Waals surface area contributed by atoms with Gasteiger partial charge in [-0.2, -0.15) is 0 Å². The third-order valence-corrected chi connectivity index (χ3v) is 2.44. The summed E-state index contributed by atoms with van der Waals surface area (Å²) in [6.45, 7) is -0.689. The number of nitrogens with one attached hydrogen (secondary N) is 1. The first-order valence-corrected chi connectivity index (χ1v) is 5.57. The number of carbonyl (C=O) groups is 3. The summed E-state index contributed by atoms with van der Waals surface area (Å²) in [4.78, 5) is 33.0. The molecule has 102 valence electrons. The minimum absolute atomic E-state index is 0.0219. The second-order valence-corrected chi connectivity index (χ2v) is 4.18. The third-order valence-electron chi connectivity index (χ3n) is 1.91. The highest BCUT2D eigenvalue weighted by Crippen LogP contribution is 2.27. The van der Waals surface area contributed by atoms with Gasteiger partial charge < -0.3 is 16.2 Å². The summed E-state index contributed by atoms with van der Waals surface area (Å²) in [7, 11) is 0. The molecule has 0 saturated heterocycles. The summed E-state index contributed by atoms with van der Waals surface area (Å²) in [5.74, 6) is -1.77. The van der Waals surface area contributed by atoms with Crippen LogP contribution in [0.1, 0.15) is 10.4 Å².